The number of nitrogens with zero attached hydrogens (tertiary/aromatic N) is 2. The van der Waals surface area contributed by atoms with Gasteiger partial charge in [-0.05, 0) is 12.7 Å². The van der Waals surface area contributed by atoms with Crippen LogP contribution in [0.5, 0.6) is 0 Å². The first kappa shape index (κ1) is 11.2. The van der Waals surface area contributed by atoms with Crippen molar-refractivity contribution in [1.82, 2.24) is 15.3 Å². The minimum atomic E-state index is 0.130. The van der Waals surface area contributed by atoms with E-state index in [4.69, 9.17) is 0 Å². The molecule has 2 N–H and O–H groups in total. The predicted octanol–water partition coefficient (Wildman–Crippen LogP) is 0.889. The molecule has 1 aromatic heterocycles. The Labute approximate surface area is 98.4 Å². The highest BCUT2D eigenvalue weighted by Gasteiger charge is 2.17. The third kappa shape index (κ3) is 2.85. The summed E-state index contributed by atoms with van der Waals surface area (Å²) in [5.74, 6) is 0.950. The first-order valence-corrected chi connectivity index (χ1v) is 6.39. The first-order chi connectivity index (χ1) is 7.78. The van der Waals surface area contributed by atoms with E-state index in [9.17, 15) is 4.79 Å². The van der Waals surface area contributed by atoms with E-state index in [0.717, 1.165) is 17.3 Å². The second kappa shape index (κ2) is 5.16. The molecule has 1 amide bonds. The molecule has 0 radical (unpaired) electrons. The van der Waals surface area contributed by atoms with Crippen molar-refractivity contribution in [3.63, 3.8) is 0 Å². The Morgan fingerprint density at radius 1 is 1.56 bits per heavy atom. The fourth-order valence-corrected chi connectivity index (χ4v) is 1.98. The first-order valence-electron chi connectivity index (χ1n) is 5.17. The van der Waals surface area contributed by atoms with E-state index in [2.05, 4.69) is 20.6 Å². The van der Waals surface area contributed by atoms with Crippen LogP contribution in [-0.4, -0.2) is 34.7 Å². The van der Waals surface area contributed by atoms with Crippen molar-refractivity contribution >= 4 is 23.5 Å². The molecule has 1 aromatic rings. The fraction of sp³-hybridized carbons (Fsp3) is 0.500. The van der Waals surface area contributed by atoms with Gasteiger partial charge in [-0.3, -0.25) is 4.79 Å². The maximum Gasteiger partial charge on any atom is 0.220 e. The molecule has 5 nitrogen and oxygen atoms in total. The number of thioether (sulfide) groups is 1. The monoisotopic (exact) mass is 238 g/mol. The Morgan fingerprint density at radius 3 is 3.12 bits per heavy atom. The van der Waals surface area contributed by atoms with Crippen LogP contribution in [0.3, 0.4) is 0 Å². The number of hydrogen-bond acceptors (Lipinski definition) is 5. The van der Waals surface area contributed by atoms with Crippen molar-refractivity contribution in [3.8, 4) is 0 Å². The normalized spacial score (nSPS) is 20.3. The molecule has 1 aliphatic rings. The molecule has 1 atom stereocenters. The summed E-state index contributed by atoms with van der Waals surface area (Å²) in [6, 6.07) is 2.18. The maximum absolute atomic E-state index is 11.0. The topological polar surface area (TPSA) is 66.9 Å². The molecule has 0 aliphatic carbocycles. The molecule has 1 unspecified atom stereocenters. The number of aromatic nitrogens is 2. The van der Waals surface area contributed by atoms with E-state index in [1.807, 2.05) is 12.3 Å². The number of carbonyl (C=O) groups excluding carboxylic acids is 1. The molecule has 1 aliphatic heterocycles. The summed E-state index contributed by atoms with van der Waals surface area (Å²) in [6.07, 6.45) is 4.96. The van der Waals surface area contributed by atoms with E-state index in [0.29, 0.717) is 13.0 Å². The molecule has 2 heterocycles. The number of piperidine rings is 1. The van der Waals surface area contributed by atoms with Crippen LogP contribution in [0.2, 0.25) is 0 Å². The van der Waals surface area contributed by atoms with Crippen molar-refractivity contribution in [2.24, 2.45) is 0 Å². The zero-order valence-electron chi connectivity index (χ0n) is 9.06. The highest BCUT2D eigenvalue weighted by Crippen LogP contribution is 2.15. The largest absolute Gasteiger partial charge is 0.365 e. The van der Waals surface area contributed by atoms with Gasteiger partial charge in [0.1, 0.15) is 17.2 Å². The average molecular weight is 238 g/mol. The van der Waals surface area contributed by atoms with Gasteiger partial charge in [-0.15, -0.1) is 11.8 Å². The van der Waals surface area contributed by atoms with Crippen LogP contribution in [0.1, 0.15) is 12.8 Å². The molecule has 1 fully saturated rings. The number of rotatable bonds is 3. The zero-order valence-corrected chi connectivity index (χ0v) is 9.88. The Balaban J connectivity index is 1.95. The molecule has 6 heteroatoms. The quantitative estimate of drug-likeness (QED) is 0.604. The Morgan fingerprint density at radius 2 is 2.44 bits per heavy atom. The van der Waals surface area contributed by atoms with Crippen molar-refractivity contribution < 1.29 is 4.79 Å². The summed E-state index contributed by atoms with van der Waals surface area (Å²) >= 11 is 1.58. The third-order valence-corrected chi connectivity index (χ3v) is 3.11. The minimum absolute atomic E-state index is 0.130. The molecular weight excluding hydrogens is 224 g/mol. The number of nitrogens with one attached hydrogen (secondary N) is 2. The molecule has 0 spiro atoms. The molecule has 86 valence electrons. The lowest BCUT2D eigenvalue weighted by atomic mass is 10.1. The number of anilines is 1. The smallest absolute Gasteiger partial charge is 0.220 e. The highest BCUT2D eigenvalue weighted by atomic mass is 32.2. The van der Waals surface area contributed by atoms with Crippen molar-refractivity contribution in [2.75, 3.05) is 18.1 Å². The molecular formula is C10H14N4OS. The van der Waals surface area contributed by atoms with Crippen molar-refractivity contribution in [2.45, 2.75) is 23.9 Å². The maximum atomic E-state index is 11.0. The van der Waals surface area contributed by atoms with Crippen LogP contribution < -0.4 is 10.6 Å². The van der Waals surface area contributed by atoms with Gasteiger partial charge in [-0.2, -0.15) is 0 Å². The Kier molecular flexibility index (Phi) is 3.61. The van der Waals surface area contributed by atoms with Crippen molar-refractivity contribution in [3.05, 3.63) is 12.4 Å². The lowest BCUT2D eigenvalue weighted by Crippen LogP contribution is -2.42. The molecule has 2 rings (SSSR count). The SMILES string of the molecule is CSc1cc(NC2CCC(=O)NC2)ncn1. The fourth-order valence-electron chi connectivity index (χ4n) is 1.60. The second-order valence-corrected chi connectivity index (χ2v) is 4.46. The standard InChI is InChI=1S/C10H14N4OS/c1-16-10-4-8(12-6-13-10)14-7-2-3-9(15)11-5-7/h4,6-7H,2-3,5H2,1H3,(H,11,15)(H,12,13,14). The van der Waals surface area contributed by atoms with Crippen LogP contribution in [0.15, 0.2) is 17.4 Å². The summed E-state index contributed by atoms with van der Waals surface area (Å²) in [6.45, 7) is 0.664. The summed E-state index contributed by atoms with van der Waals surface area (Å²) in [4.78, 5) is 19.3. The Hall–Kier alpha value is -1.30. The van der Waals surface area contributed by atoms with E-state index in [-0.39, 0.29) is 11.9 Å². The molecule has 0 bridgehead atoms. The summed E-state index contributed by atoms with van der Waals surface area (Å²) in [5, 5.41) is 7.07. The molecule has 16 heavy (non-hydrogen) atoms. The minimum Gasteiger partial charge on any atom is -0.365 e. The predicted molar refractivity (Wildman–Crippen MR) is 63.5 cm³/mol. The van der Waals surface area contributed by atoms with Gasteiger partial charge in [0.25, 0.3) is 0 Å². The van der Waals surface area contributed by atoms with Crippen LogP contribution in [0, 0.1) is 0 Å². The van der Waals surface area contributed by atoms with Gasteiger partial charge in [-0.1, -0.05) is 0 Å². The van der Waals surface area contributed by atoms with Gasteiger partial charge >= 0.3 is 0 Å². The zero-order chi connectivity index (χ0) is 11.4. The van der Waals surface area contributed by atoms with Gasteiger partial charge in [0.05, 0.1) is 0 Å². The van der Waals surface area contributed by atoms with Gasteiger partial charge < -0.3 is 10.6 Å². The number of hydrogen-bond donors (Lipinski definition) is 2. The molecule has 0 aromatic carbocycles. The summed E-state index contributed by atoms with van der Waals surface area (Å²) in [5.41, 5.74) is 0. The highest BCUT2D eigenvalue weighted by molar-refractivity contribution is 7.98. The van der Waals surface area contributed by atoms with Gasteiger partial charge in [-0.25, -0.2) is 9.97 Å². The molecule has 1 saturated heterocycles. The van der Waals surface area contributed by atoms with Crippen LogP contribution in [-0.2, 0) is 4.79 Å². The average Bonchev–Trinajstić information content (AvgIpc) is 2.32. The lowest BCUT2D eigenvalue weighted by Gasteiger charge is -2.23. The lowest BCUT2D eigenvalue weighted by molar-refractivity contribution is -0.122. The van der Waals surface area contributed by atoms with Gasteiger partial charge in [0, 0.05) is 25.1 Å². The summed E-state index contributed by atoms with van der Waals surface area (Å²) in [7, 11) is 0. The van der Waals surface area contributed by atoms with E-state index < -0.39 is 0 Å². The van der Waals surface area contributed by atoms with E-state index in [1.54, 1.807) is 18.1 Å². The van der Waals surface area contributed by atoms with E-state index >= 15 is 0 Å². The number of carbonyl (C=O) groups is 1. The third-order valence-electron chi connectivity index (χ3n) is 2.47. The Bertz CT molecular complexity index is 375. The van der Waals surface area contributed by atoms with Crippen molar-refractivity contribution in [1.29, 1.82) is 0 Å². The van der Waals surface area contributed by atoms with E-state index in [1.165, 1.54) is 0 Å². The van der Waals surface area contributed by atoms with Gasteiger partial charge in [0.15, 0.2) is 0 Å². The molecule has 0 saturated carbocycles. The number of amides is 1. The van der Waals surface area contributed by atoms with Crippen LogP contribution in [0.25, 0.3) is 0 Å². The second-order valence-electron chi connectivity index (χ2n) is 3.63. The van der Waals surface area contributed by atoms with Crippen LogP contribution >= 0.6 is 11.8 Å². The summed E-state index contributed by atoms with van der Waals surface area (Å²) < 4.78 is 0. The van der Waals surface area contributed by atoms with Crippen LogP contribution in [0.4, 0.5) is 5.82 Å². The van der Waals surface area contributed by atoms with Gasteiger partial charge in [0.2, 0.25) is 5.91 Å².